The van der Waals surface area contributed by atoms with Crippen LogP contribution < -0.4 is 0 Å². The van der Waals surface area contributed by atoms with E-state index in [4.69, 9.17) is 11.6 Å². The summed E-state index contributed by atoms with van der Waals surface area (Å²) in [6.45, 7) is 9.14. The van der Waals surface area contributed by atoms with E-state index < -0.39 is 0 Å². The minimum absolute atomic E-state index is 0.247. The van der Waals surface area contributed by atoms with Crippen LogP contribution in [0.3, 0.4) is 0 Å². The van der Waals surface area contributed by atoms with Gasteiger partial charge in [-0.25, -0.2) is 0 Å². The van der Waals surface area contributed by atoms with E-state index in [1.807, 2.05) is 6.07 Å². The average molecular weight is 239 g/mol. The summed E-state index contributed by atoms with van der Waals surface area (Å²) in [4.78, 5) is 0. The van der Waals surface area contributed by atoms with Gasteiger partial charge in [-0.1, -0.05) is 58.0 Å². The number of alkyl halides is 1. The molecule has 90 valence electrons. The molecule has 1 heteroatoms. The largest absolute Gasteiger partial charge is 0.123 e. The lowest BCUT2D eigenvalue weighted by atomic mass is 9.79. The summed E-state index contributed by atoms with van der Waals surface area (Å²) in [7, 11) is 0. The van der Waals surface area contributed by atoms with Crippen LogP contribution in [0.2, 0.25) is 0 Å². The first-order valence-electron chi connectivity index (χ1n) is 6.07. The fraction of sp³-hybridized carbons (Fsp3) is 0.600. The van der Waals surface area contributed by atoms with Gasteiger partial charge >= 0.3 is 0 Å². The van der Waals surface area contributed by atoms with Gasteiger partial charge in [0, 0.05) is 5.38 Å². The first-order valence-corrected chi connectivity index (χ1v) is 6.51. The Morgan fingerprint density at radius 1 is 1.12 bits per heavy atom. The van der Waals surface area contributed by atoms with Gasteiger partial charge in [0.15, 0.2) is 0 Å². The normalized spacial score (nSPS) is 15.8. The molecular formula is C15H23Cl. The molecule has 0 amide bonds. The molecule has 0 N–H and O–H groups in total. The van der Waals surface area contributed by atoms with Crippen LogP contribution in [0.4, 0.5) is 0 Å². The quantitative estimate of drug-likeness (QED) is 0.654. The van der Waals surface area contributed by atoms with Crippen LogP contribution in [0.15, 0.2) is 30.3 Å². The van der Waals surface area contributed by atoms with Crippen molar-refractivity contribution in [3.8, 4) is 0 Å². The Morgan fingerprint density at radius 2 is 1.69 bits per heavy atom. The summed E-state index contributed by atoms with van der Waals surface area (Å²) in [6.07, 6.45) is 2.06. The maximum atomic E-state index is 6.42. The van der Waals surface area contributed by atoms with Crippen molar-refractivity contribution in [2.45, 2.75) is 45.9 Å². The summed E-state index contributed by atoms with van der Waals surface area (Å²) in [5, 5.41) is 0.247. The van der Waals surface area contributed by atoms with E-state index >= 15 is 0 Å². The molecule has 0 bridgehead atoms. The maximum absolute atomic E-state index is 6.42. The van der Waals surface area contributed by atoms with Crippen molar-refractivity contribution in [2.24, 2.45) is 11.3 Å². The maximum Gasteiger partial charge on any atom is 0.0379 e. The van der Waals surface area contributed by atoms with Crippen molar-refractivity contribution in [3.63, 3.8) is 0 Å². The third-order valence-corrected chi connectivity index (χ3v) is 3.72. The Kier molecular flexibility index (Phi) is 4.86. The summed E-state index contributed by atoms with van der Waals surface area (Å²) in [6, 6.07) is 10.5. The van der Waals surface area contributed by atoms with Gasteiger partial charge in [-0.15, -0.1) is 11.6 Å². The summed E-state index contributed by atoms with van der Waals surface area (Å²) >= 11 is 6.42. The van der Waals surface area contributed by atoms with E-state index in [1.165, 1.54) is 5.56 Å². The van der Waals surface area contributed by atoms with Gasteiger partial charge in [-0.2, -0.15) is 0 Å². The lowest BCUT2D eigenvalue weighted by Gasteiger charge is -2.28. The second-order valence-corrected chi connectivity index (χ2v) is 6.41. The molecule has 0 aliphatic rings. The highest BCUT2D eigenvalue weighted by Gasteiger charge is 2.22. The highest BCUT2D eigenvalue weighted by atomic mass is 35.5. The van der Waals surface area contributed by atoms with E-state index in [1.54, 1.807) is 0 Å². The molecule has 0 spiro atoms. The van der Waals surface area contributed by atoms with Crippen LogP contribution in [-0.4, -0.2) is 5.38 Å². The van der Waals surface area contributed by atoms with Crippen molar-refractivity contribution in [3.05, 3.63) is 35.9 Å². The Balaban J connectivity index is 2.45. The second-order valence-electron chi connectivity index (χ2n) is 5.79. The fourth-order valence-corrected chi connectivity index (χ4v) is 2.14. The van der Waals surface area contributed by atoms with Crippen LogP contribution in [-0.2, 0) is 6.42 Å². The first kappa shape index (κ1) is 13.6. The van der Waals surface area contributed by atoms with Gasteiger partial charge < -0.3 is 0 Å². The molecule has 0 nitrogen and oxygen atoms in total. The van der Waals surface area contributed by atoms with E-state index in [0.717, 1.165) is 12.8 Å². The molecular weight excluding hydrogens is 216 g/mol. The zero-order valence-corrected chi connectivity index (χ0v) is 11.6. The Labute approximate surface area is 105 Å². The summed E-state index contributed by atoms with van der Waals surface area (Å²) in [5.74, 6) is 0.652. The smallest absolute Gasteiger partial charge is 0.0379 e. The van der Waals surface area contributed by atoms with Gasteiger partial charge in [0.05, 0.1) is 0 Å². The van der Waals surface area contributed by atoms with Crippen LogP contribution in [0.25, 0.3) is 0 Å². The van der Waals surface area contributed by atoms with E-state index in [-0.39, 0.29) is 5.38 Å². The zero-order valence-electron chi connectivity index (χ0n) is 10.8. The molecule has 1 aromatic carbocycles. The van der Waals surface area contributed by atoms with Gasteiger partial charge in [0.25, 0.3) is 0 Å². The summed E-state index contributed by atoms with van der Waals surface area (Å²) in [5.41, 5.74) is 1.69. The highest BCUT2D eigenvalue weighted by Crippen LogP contribution is 2.31. The minimum atomic E-state index is 0.247. The fourth-order valence-electron chi connectivity index (χ4n) is 1.69. The molecule has 1 aromatic rings. The molecule has 0 aliphatic carbocycles. The number of halogens is 1. The van der Waals surface area contributed by atoms with E-state index in [0.29, 0.717) is 11.3 Å². The lowest BCUT2D eigenvalue weighted by molar-refractivity contribution is 0.244. The molecule has 0 saturated carbocycles. The molecule has 1 rings (SSSR count). The van der Waals surface area contributed by atoms with E-state index in [9.17, 15) is 0 Å². The molecule has 16 heavy (non-hydrogen) atoms. The van der Waals surface area contributed by atoms with Gasteiger partial charge in [-0.05, 0) is 29.7 Å². The van der Waals surface area contributed by atoms with Gasteiger partial charge in [0.1, 0.15) is 0 Å². The number of benzene rings is 1. The van der Waals surface area contributed by atoms with Crippen LogP contribution in [0.1, 0.15) is 39.7 Å². The Morgan fingerprint density at radius 3 is 2.19 bits per heavy atom. The Bertz CT molecular complexity index is 297. The molecule has 0 heterocycles. The molecule has 0 fully saturated rings. The molecule has 2 atom stereocenters. The van der Waals surface area contributed by atoms with Gasteiger partial charge in [-0.3, -0.25) is 0 Å². The standard InChI is InChI=1S/C15H23Cl/c1-12(15(2,3)4)10-14(16)11-13-8-6-5-7-9-13/h5-9,12,14H,10-11H2,1-4H3. The molecule has 2 unspecified atom stereocenters. The number of hydrogen-bond acceptors (Lipinski definition) is 0. The third-order valence-electron chi connectivity index (χ3n) is 3.39. The number of rotatable bonds is 4. The Hall–Kier alpha value is -0.490. The van der Waals surface area contributed by atoms with Crippen LogP contribution in [0, 0.1) is 11.3 Å². The third kappa shape index (κ3) is 4.57. The number of hydrogen-bond donors (Lipinski definition) is 0. The minimum Gasteiger partial charge on any atom is -0.123 e. The highest BCUT2D eigenvalue weighted by molar-refractivity contribution is 6.20. The molecule has 0 saturated heterocycles. The van der Waals surface area contributed by atoms with Crippen molar-refractivity contribution >= 4 is 11.6 Å². The molecule has 0 radical (unpaired) electrons. The molecule has 0 aliphatic heterocycles. The lowest BCUT2D eigenvalue weighted by Crippen LogP contribution is -2.21. The van der Waals surface area contributed by atoms with Crippen molar-refractivity contribution in [1.29, 1.82) is 0 Å². The predicted molar refractivity (Wildman–Crippen MR) is 73.0 cm³/mol. The van der Waals surface area contributed by atoms with Crippen molar-refractivity contribution in [2.75, 3.05) is 0 Å². The topological polar surface area (TPSA) is 0 Å². The van der Waals surface area contributed by atoms with Gasteiger partial charge in [0.2, 0.25) is 0 Å². The first-order chi connectivity index (χ1) is 7.39. The van der Waals surface area contributed by atoms with Crippen molar-refractivity contribution in [1.82, 2.24) is 0 Å². The van der Waals surface area contributed by atoms with Crippen LogP contribution >= 0.6 is 11.6 Å². The second kappa shape index (κ2) is 5.72. The predicted octanol–water partition coefficient (Wildman–Crippen LogP) is 4.91. The van der Waals surface area contributed by atoms with E-state index in [2.05, 4.69) is 52.0 Å². The van der Waals surface area contributed by atoms with Crippen molar-refractivity contribution < 1.29 is 0 Å². The molecule has 0 aromatic heterocycles. The monoisotopic (exact) mass is 238 g/mol. The van der Waals surface area contributed by atoms with Crippen LogP contribution in [0.5, 0.6) is 0 Å². The summed E-state index contributed by atoms with van der Waals surface area (Å²) < 4.78 is 0. The zero-order chi connectivity index (χ0) is 12.2. The average Bonchev–Trinajstić information content (AvgIpc) is 2.17. The SMILES string of the molecule is CC(CC(Cl)Cc1ccccc1)C(C)(C)C.